The van der Waals surface area contributed by atoms with Crippen molar-refractivity contribution in [3.8, 4) is 5.75 Å². The fourth-order valence-corrected chi connectivity index (χ4v) is 2.34. The van der Waals surface area contributed by atoms with Crippen LogP contribution in [0.4, 0.5) is 0 Å². The standard InChI is InChI=1S/C16H24N2O3/c1-2-20-12-13-21-15-7-4-3-6-14(15)16(19)18-10-5-8-17-9-11-18/h3-4,6-7,17H,2,5,8-13H2,1H3. The number of nitrogens with zero attached hydrogens (tertiary/aromatic N) is 1. The van der Waals surface area contributed by atoms with Crippen LogP contribution >= 0.6 is 0 Å². The van der Waals surface area contributed by atoms with Crippen molar-refractivity contribution in [1.29, 1.82) is 0 Å². The van der Waals surface area contributed by atoms with Crippen LogP contribution in [0.2, 0.25) is 0 Å². The molecule has 1 N–H and O–H groups in total. The molecule has 0 radical (unpaired) electrons. The lowest BCUT2D eigenvalue weighted by molar-refractivity contribution is 0.0755. The van der Waals surface area contributed by atoms with Gasteiger partial charge in [0, 0.05) is 26.2 Å². The topological polar surface area (TPSA) is 50.8 Å². The summed E-state index contributed by atoms with van der Waals surface area (Å²) in [5, 5.41) is 3.30. The molecule has 0 saturated carbocycles. The van der Waals surface area contributed by atoms with E-state index in [9.17, 15) is 4.79 Å². The highest BCUT2D eigenvalue weighted by molar-refractivity contribution is 5.97. The number of para-hydroxylation sites is 1. The SMILES string of the molecule is CCOCCOc1ccccc1C(=O)N1CCCNCC1. The third-order valence-corrected chi connectivity index (χ3v) is 3.43. The quantitative estimate of drug-likeness (QED) is 0.808. The highest BCUT2D eigenvalue weighted by atomic mass is 16.5. The van der Waals surface area contributed by atoms with E-state index in [0.29, 0.717) is 31.1 Å². The van der Waals surface area contributed by atoms with Crippen molar-refractivity contribution < 1.29 is 14.3 Å². The van der Waals surface area contributed by atoms with Gasteiger partial charge in [-0.05, 0) is 32.0 Å². The summed E-state index contributed by atoms with van der Waals surface area (Å²) < 4.78 is 11.0. The third-order valence-electron chi connectivity index (χ3n) is 3.43. The number of carbonyl (C=O) groups is 1. The van der Waals surface area contributed by atoms with Crippen molar-refractivity contribution in [3.05, 3.63) is 29.8 Å². The summed E-state index contributed by atoms with van der Waals surface area (Å²) >= 11 is 0. The molecule has 1 fully saturated rings. The van der Waals surface area contributed by atoms with E-state index in [-0.39, 0.29) is 5.91 Å². The molecule has 0 atom stereocenters. The maximum Gasteiger partial charge on any atom is 0.257 e. The second kappa shape index (κ2) is 8.64. The molecule has 1 heterocycles. The molecule has 1 saturated heterocycles. The van der Waals surface area contributed by atoms with Crippen molar-refractivity contribution >= 4 is 5.91 Å². The number of benzene rings is 1. The number of rotatable bonds is 6. The minimum absolute atomic E-state index is 0.0470. The van der Waals surface area contributed by atoms with Crippen LogP contribution in [-0.2, 0) is 4.74 Å². The van der Waals surface area contributed by atoms with Gasteiger partial charge in [0.1, 0.15) is 12.4 Å². The Balaban J connectivity index is 2.01. The average Bonchev–Trinajstić information content (AvgIpc) is 2.80. The molecule has 1 aromatic rings. The minimum Gasteiger partial charge on any atom is -0.490 e. The number of nitrogens with one attached hydrogen (secondary N) is 1. The predicted octanol–water partition coefficient (Wildman–Crippen LogP) is 1.54. The molecule has 0 aromatic heterocycles. The molecule has 1 aliphatic rings. The van der Waals surface area contributed by atoms with Gasteiger partial charge >= 0.3 is 0 Å². The van der Waals surface area contributed by atoms with Gasteiger partial charge in [-0.25, -0.2) is 0 Å². The Morgan fingerprint density at radius 2 is 2.10 bits per heavy atom. The van der Waals surface area contributed by atoms with Gasteiger partial charge in [0.15, 0.2) is 0 Å². The predicted molar refractivity (Wildman–Crippen MR) is 81.8 cm³/mol. The largest absolute Gasteiger partial charge is 0.490 e. The first-order chi connectivity index (χ1) is 10.3. The summed E-state index contributed by atoms with van der Waals surface area (Å²) in [4.78, 5) is 14.5. The van der Waals surface area contributed by atoms with Gasteiger partial charge in [0.25, 0.3) is 5.91 Å². The van der Waals surface area contributed by atoms with Gasteiger partial charge in [-0.15, -0.1) is 0 Å². The molecule has 1 aliphatic heterocycles. The Labute approximate surface area is 126 Å². The van der Waals surface area contributed by atoms with E-state index >= 15 is 0 Å². The van der Waals surface area contributed by atoms with Crippen LogP contribution < -0.4 is 10.1 Å². The first-order valence-electron chi connectivity index (χ1n) is 7.62. The molecule has 0 aliphatic carbocycles. The lowest BCUT2D eigenvalue weighted by Crippen LogP contribution is -2.34. The van der Waals surface area contributed by atoms with E-state index in [1.54, 1.807) is 0 Å². The van der Waals surface area contributed by atoms with Gasteiger partial charge in [-0.3, -0.25) is 4.79 Å². The van der Waals surface area contributed by atoms with Crippen LogP contribution in [-0.4, -0.2) is 56.8 Å². The van der Waals surface area contributed by atoms with Crippen LogP contribution in [0.15, 0.2) is 24.3 Å². The maximum atomic E-state index is 12.6. The highest BCUT2D eigenvalue weighted by Crippen LogP contribution is 2.20. The minimum atomic E-state index is 0.0470. The molecule has 0 unspecified atom stereocenters. The Kier molecular flexibility index (Phi) is 6.50. The highest BCUT2D eigenvalue weighted by Gasteiger charge is 2.20. The number of ether oxygens (including phenoxy) is 2. The van der Waals surface area contributed by atoms with Crippen molar-refractivity contribution in [2.24, 2.45) is 0 Å². The molecule has 116 valence electrons. The normalized spacial score (nSPS) is 15.6. The van der Waals surface area contributed by atoms with Crippen molar-refractivity contribution in [3.63, 3.8) is 0 Å². The Morgan fingerprint density at radius 3 is 2.95 bits per heavy atom. The monoisotopic (exact) mass is 292 g/mol. The zero-order valence-electron chi connectivity index (χ0n) is 12.6. The Hall–Kier alpha value is -1.59. The van der Waals surface area contributed by atoms with E-state index in [2.05, 4.69) is 5.32 Å². The number of hydrogen-bond donors (Lipinski definition) is 1. The van der Waals surface area contributed by atoms with E-state index in [4.69, 9.17) is 9.47 Å². The van der Waals surface area contributed by atoms with E-state index in [1.807, 2.05) is 36.1 Å². The van der Waals surface area contributed by atoms with E-state index < -0.39 is 0 Å². The van der Waals surface area contributed by atoms with Gasteiger partial charge < -0.3 is 19.7 Å². The van der Waals surface area contributed by atoms with Crippen molar-refractivity contribution in [2.75, 3.05) is 46.0 Å². The number of carbonyl (C=O) groups excluding carboxylic acids is 1. The molecule has 5 heteroatoms. The smallest absolute Gasteiger partial charge is 0.257 e. The first-order valence-corrected chi connectivity index (χ1v) is 7.62. The van der Waals surface area contributed by atoms with Gasteiger partial charge in [0.05, 0.1) is 12.2 Å². The third kappa shape index (κ3) is 4.72. The second-order valence-corrected chi connectivity index (χ2v) is 4.94. The lowest BCUT2D eigenvalue weighted by Gasteiger charge is -2.21. The molecule has 5 nitrogen and oxygen atoms in total. The second-order valence-electron chi connectivity index (χ2n) is 4.94. The van der Waals surface area contributed by atoms with Gasteiger partial charge in [-0.2, -0.15) is 0 Å². The Morgan fingerprint density at radius 1 is 1.24 bits per heavy atom. The summed E-state index contributed by atoms with van der Waals surface area (Å²) in [6.45, 7) is 6.96. The van der Waals surface area contributed by atoms with Crippen LogP contribution in [0.3, 0.4) is 0 Å². The summed E-state index contributed by atoms with van der Waals surface area (Å²) in [6.07, 6.45) is 0.985. The van der Waals surface area contributed by atoms with Crippen LogP contribution in [0.1, 0.15) is 23.7 Å². The Bertz CT molecular complexity index is 443. The molecule has 2 rings (SSSR count). The molecule has 1 aromatic carbocycles. The van der Waals surface area contributed by atoms with Crippen LogP contribution in [0.25, 0.3) is 0 Å². The van der Waals surface area contributed by atoms with Crippen LogP contribution in [0, 0.1) is 0 Å². The first kappa shape index (κ1) is 15.8. The molecule has 21 heavy (non-hydrogen) atoms. The fourth-order valence-electron chi connectivity index (χ4n) is 2.34. The zero-order valence-corrected chi connectivity index (χ0v) is 12.6. The van der Waals surface area contributed by atoms with Crippen molar-refractivity contribution in [1.82, 2.24) is 10.2 Å². The maximum absolute atomic E-state index is 12.6. The van der Waals surface area contributed by atoms with E-state index in [1.165, 1.54) is 0 Å². The average molecular weight is 292 g/mol. The van der Waals surface area contributed by atoms with Crippen molar-refractivity contribution in [2.45, 2.75) is 13.3 Å². The summed E-state index contributed by atoms with van der Waals surface area (Å²) in [5.74, 6) is 0.685. The van der Waals surface area contributed by atoms with E-state index in [0.717, 1.165) is 32.6 Å². The summed E-state index contributed by atoms with van der Waals surface area (Å²) in [7, 11) is 0. The number of amides is 1. The molecular formula is C16H24N2O3. The molecule has 0 spiro atoms. The van der Waals surface area contributed by atoms with Gasteiger partial charge in [0.2, 0.25) is 0 Å². The van der Waals surface area contributed by atoms with Gasteiger partial charge in [-0.1, -0.05) is 12.1 Å². The fraction of sp³-hybridized carbons (Fsp3) is 0.562. The van der Waals surface area contributed by atoms with Crippen LogP contribution in [0.5, 0.6) is 5.75 Å². The summed E-state index contributed by atoms with van der Waals surface area (Å²) in [6, 6.07) is 7.43. The zero-order chi connectivity index (χ0) is 14.9. The molecule has 1 amide bonds. The molecular weight excluding hydrogens is 268 g/mol. The molecule has 0 bridgehead atoms. The number of hydrogen-bond acceptors (Lipinski definition) is 4. The lowest BCUT2D eigenvalue weighted by atomic mass is 10.1. The summed E-state index contributed by atoms with van der Waals surface area (Å²) in [5.41, 5.74) is 0.635.